The van der Waals surface area contributed by atoms with E-state index in [9.17, 15) is 19.5 Å². The highest BCUT2D eigenvalue weighted by molar-refractivity contribution is 8.00. The van der Waals surface area contributed by atoms with Crippen LogP contribution in [0.15, 0.2) is 28.8 Å². The minimum Gasteiger partial charge on any atom is -0.543 e. The fourth-order valence-corrected chi connectivity index (χ4v) is 5.27. The van der Waals surface area contributed by atoms with E-state index in [0.717, 1.165) is 9.78 Å². The molecule has 1 unspecified atom stereocenters. The number of nitrogens with zero attached hydrogens (tertiary/aromatic N) is 1. The molecule has 3 rings (SSSR count). The second-order valence-corrected chi connectivity index (χ2v) is 7.78. The maximum atomic E-state index is 12.7. The van der Waals surface area contributed by atoms with Gasteiger partial charge in [0.2, 0.25) is 5.91 Å². The Labute approximate surface area is 160 Å². The van der Waals surface area contributed by atoms with Crippen LogP contribution in [0.25, 0.3) is 0 Å². The summed E-state index contributed by atoms with van der Waals surface area (Å²) in [4.78, 5) is 38.6. The first-order chi connectivity index (χ1) is 11.9. The van der Waals surface area contributed by atoms with E-state index < -0.39 is 23.0 Å². The summed E-state index contributed by atoms with van der Waals surface area (Å²) in [5, 5.41) is 15.4. The summed E-state index contributed by atoms with van der Waals surface area (Å²) in [5.74, 6) is -1.87. The van der Waals surface area contributed by atoms with Crippen molar-refractivity contribution in [3.63, 3.8) is 0 Å². The molecule has 0 aromatic carbocycles. The molecule has 1 aromatic heterocycles. The third-order valence-corrected chi connectivity index (χ3v) is 6.54. The van der Waals surface area contributed by atoms with E-state index in [-0.39, 0.29) is 25.5 Å². The van der Waals surface area contributed by atoms with Crippen molar-refractivity contribution < 1.29 is 24.2 Å². The molecule has 3 heterocycles. The third-order valence-electron chi connectivity index (χ3n) is 4.29. The molecule has 9 heteroatoms. The number of amides is 2. The summed E-state index contributed by atoms with van der Waals surface area (Å²) in [7, 11) is 1.33. The Hall–Kier alpha value is -1.84. The fraction of sp³-hybridized carbons (Fsp3) is 0.471. The van der Waals surface area contributed by atoms with Gasteiger partial charge in [-0.1, -0.05) is 20.4 Å². The van der Waals surface area contributed by atoms with Gasteiger partial charge in [0.15, 0.2) is 0 Å². The smallest absolute Gasteiger partial charge is 0.284 e. The Morgan fingerprint density at radius 3 is 2.77 bits per heavy atom. The van der Waals surface area contributed by atoms with Crippen LogP contribution in [0.4, 0.5) is 0 Å². The van der Waals surface area contributed by atoms with Gasteiger partial charge in [-0.25, -0.2) is 0 Å². The van der Waals surface area contributed by atoms with E-state index in [0.29, 0.717) is 17.7 Å². The number of methoxy groups -OCH3 is 1. The van der Waals surface area contributed by atoms with E-state index in [1.165, 1.54) is 30.2 Å². The SMILES string of the molecule is C.CCC1=C(C(=O)[O-])N2C(=O)[C@](NC(=O)Cc3cccs3)(OC)C2SC1. The van der Waals surface area contributed by atoms with Gasteiger partial charge in [-0.2, -0.15) is 0 Å². The van der Waals surface area contributed by atoms with Crippen molar-refractivity contribution >= 4 is 40.9 Å². The van der Waals surface area contributed by atoms with Gasteiger partial charge in [0.1, 0.15) is 5.37 Å². The molecular formula is C17H21N2O5S2-. The predicted molar refractivity (Wildman–Crippen MR) is 98.1 cm³/mol. The number of carboxylic acids is 1. The van der Waals surface area contributed by atoms with Crippen LogP contribution in [0.2, 0.25) is 0 Å². The molecule has 2 atom stereocenters. The van der Waals surface area contributed by atoms with Gasteiger partial charge in [-0.15, -0.1) is 23.1 Å². The first kappa shape index (κ1) is 20.5. The van der Waals surface area contributed by atoms with Crippen molar-refractivity contribution in [3.05, 3.63) is 33.7 Å². The quantitative estimate of drug-likeness (QED) is 0.561. The number of carboxylic acid groups (broad SMARTS) is 1. The molecule has 2 amide bonds. The highest BCUT2D eigenvalue weighted by Crippen LogP contribution is 2.46. The molecule has 0 spiro atoms. The van der Waals surface area contributed by atoms with E-state index >= 15 is 0 Å². The Balaban J connectivity index is 0.00000243. The number of thiophene rings is 1. The molecular weight excluding hydrogens is 376 g/mol. The van der Waals surface area contributed by atoms with E-state index in [1.54, 1.807) is 0 Å². The molecule has 142 valence electrons. The van der Waals surface area contributed by atoms with E-state index in [1.807, 2.05) is 24.4 Å². The van der Waals surface area contributed by atoms with Crippen LogP contribution in [0.5, 0.6) is 0 Å². The van der Waals surface area contributed by atoms with Gasteiger partial charge < -0.3 is 20.0 Å². The fourth-order valence-electron chi connectivity index (χ4n) is 3.02. The number of fused-ring (bicyclic) bond motifs is 1. The first-order valence-electron chi connectivity index (χ1n) is 7.71. The number of thioether (sulfide) groups is 1. The molecule has 0 aliphatic carbocycles. The average Bonchev–Trinajstić information content (AvgIpc) is 3.10. The lowest BCUT2D eigenvalue weighted by atomic mass is 9.97. The minimum absolute atomic E-state index is 0. The van der Waals surface area contributed by atoms with Gasteiger partial charge in [-0.05, 0) is 23.4 Å². The van der Waals surface area contributed by atoms with Crippen molar-refractivity contribution in [1.29, 1.82) is 0 Å². The van der Waals surface area contributed by atoms with Gasteiger partial charge in [-0.3, -0.25) is 14.5 Å². The number of aliphatic carboxylic acids is 1. The number of ether oxygens (including phenoxy) is 1. The standard InChI is InChI=1S/C16H18N2O5S2.CH4/c1-3-9-8-25-15-16(23-2,14(22)18(15)12(9)13(20)21)17-11(19)7-10-5-4-6-24-10;/h4-6,15H,3,7-8H2,1-2H3,(H,17,19)(H,20,21);1H4/p-1/t15?,16-;/m0./s1. The minimum atomic E-state index is -1.54. The maximum Gasteiger partial charge on any atom is 0.284 e. The molecule has 2 aliphatic heterocycles. The molecule has 2 aliphatic rings. The van der Waals surface area contributed by atoms with Crippen LogP contribution in [-0.4, -0.2) is 46.6 Å². The summed E-state index contributed by atoms with van der Waals surface area (Å²) in [6.45, 7) is 1.83. The van der Waals surface area contributed by atoms with Crippen LogP contribution in [0.1, 0.15) is 25.6 Å². The number of rotatable bonds is 6. The largest absolute Gasteiger partial charge is 0.543 e. The van der Waals surface area contributed by atoms with Crippen LogP contribution >= 0.6 is 23.1 Å². The summed E-state index contributed by atoms with van der Waals surface area (Å²) in [6, 6.07) is 3.67. The third kappa shape index (κ3) is 3.15. The van der Waals surface area contributed by atoms with Crippen molar-refractivity contribution in [2.24, 2.45) is 0 Å². The van der Waals surface area contributed by atoms with Gasteiger partial charge >= 0.3 is 0 Å². The molecule has 1 fully saturated rings. The Kier molecular flexibility index (Phi) is 6.15. The number of hydrogen-bond acceptors (Lipinski definition) is 7. The molecule has 26 heavy (non-hydrogen) atoms. The summed E-state index contributed by atoms with van der Waals surface area (Å²) >= 11 is 2.82. The molecule has 1 saturated heterocycles. The lowest BCUT2D eigenvalue weighted by Gasteiger charge is -2.56. The number of β-lactam (4-membered cyclic amide) rings is 1. The van der Waals surface area contributed by atoms with Crippen LogP contribution in [0, 0.1) is 0 Å². The molecule has 1 N–H and O–H groups in total. The van der Waals surface area contributed by atoms with E-state index in [4.69, 9.17) is 4.74 Å². The molecule has 0 radical (unpaired) electrons. The lowest BCUT2D eigenvalue weighted by Crippen LogP contribution is -2.81. The number of hydrogen-bond donors (Lipinski definition) is 1. The highest BCUT2D eigenvalue weighted by atomic mass is 32.2. The molecule has 0 bridgehead atoms. The van der Waals surface area contributed by atoms with Crippen LogP contribution in [-0.2, 0) is 25.5 Å². The van der Waals surface area contributed by atoms with Crippen LogP contribution in [0.3, 0.4) is 0 Å². The Morgan fingerprint density at radius 1 is 1.50 bits per heavy atom. The summed E-state index contributed by atoms with van der Waals surface area (Å²) in [5.41, 5.74) is -1.00. The summed E-state index contributed by atoms with van der Waals surface area (Å²) < 4.78 is 5.37. The molecule has 7 nitrogen and oxygen atoms in total. The Bertz CT molecular complexity index is 746. The van der Waals surface area contributed by atoms with Gasteiger partial charge in [0.05, 0.1) is 18.1 Å². The van der Waals surface area contributed by atoms with Crippen molar-refractivity contribution in [3.8, 4) is 0 Å². The van der Waals surface area contributed by atoms with Crippen molar-refractivity contribution in [1.82, 2.24) is 10.2 Å². The lowest BCUT2D eigenvalue weighted by molar-refractivity contribution is -0.302. The van der Waals surface area contributed by atoms with Crippen molar-refractivity contribution in [2.45, 2.75) is 38.3 Å². The number of carbonyl (C=O) groups is 3. The summed E-state index contributed by atoms with van der Waals surface area (Å²) in [6.07, 6.45) is 0.647. The zero-order chi connectivity index (χ0) is 18.2. The van der Waals surface area contributed by atoms with Crippen molar-refractivity contribution in [2.75, 3.05) is 12.9 Å². The zero-order valence-corrected chi connectivity index (χ0v) is 15.4. The maximum absolute atomic E-state index is 12.7. The monoisotopic (exact) mass is 397 g/mol. The molecule has 1 aromatic rings. The second kappa shape index (κ2) is 7.81. The number of nitrogens with one attached hydrogen (secondary N) is 1. The van der Waals surface area contributed by atoms with E-state index in [2.05, 4.69) is 5.32 Å². The van der Waals surface area contributed by atoms with Gasteiger partial charge in [0, 0.05) is 17.7 Å². The van der Waals surface area contributed by atoms with Crippen LogP contribution < -0.4 is 10.4 Å². The zero-order valence-electron chi connectivity index (χ0n) is 13.7. The average molecular weight is 397 g/mol. The molecule has 0 saturated carbocycles. The first-order valence-corrected chi connectivity index (χ1v) is 9.64. The van der Waals surface area contributed by atoms with Gasteiger partial charge in [0.25, 0.3) is 11.6 Å². The second-order valence-electron chi connectivity index (χ2n) is 5.68. The Morgan fingerprint density at radius 2 is 2.23 bits per heavy atom. The number of carbonyl (C=O) groups excluding carboxylic acids is 3. The topological polar surface area (TPSA) is 98.8 Å². The normalized spacial score (nSPS) is 24.5. The highest BCUT2D eigenvalue weighted by Gasteiger charge is 2.65. The predicted octanol–water partition coefficient (Wildman–Crippen LogP) is 0.715.